The van der Waals surface area contributed by atoms with Crippen LogP contribution >= 0.6 is 0 Å². The van der Waals surface area contributed by atoms with Crippen molar-refractivity contribution in [1.82, 2.24) is 29.2 Å². The Morgan fingerprint density at radius 2 is 1.69 bits per heavy atom. The van der Waals surface area contributed by atoms with Gasteiger partial charge in [-0.2, -0.15) is 0 Å². The molecule has 0 bridgehead atoms. The van der Waals surface area contributed by atoms with Gasteiger partial charge < -0.3 is 14.9 Å². The Kier molecular flexibility index (Phi) is 7.51. The lowest BCUT2D eigenvalue weighted by molar-refractivity contribution is -0.135. The number of benzene rings is 1. The van der Waals surface area contributed by atoms with Gasteiger partial charge in [-0.3, -0.25) is 28.9 Å². The van der Waals surface area contributed by atoms with Crippen LogP contribution in [0.1, 0.15) is 94.6 Å². The molecule has 5 saturated heterocycles. The predicted molar refractivity (Wildman–Crippen MR) is 172 cm³/mol. The van der Waals surface area contributed by atoms with Crippen molar-refractivity contribution >= 4 is 22.8 Å². The quantitative estimate of drug-likeness (QED) is 0.480. The molecule has 1 saturated carbocycles. The average Bonchev–Trinajstić information content (AvgIpc) is 3.68. The summed E-state index contributed by atoms with van der Waals surface area (Å²) in [6, 6.07) is 7.04. The third-order valence-corrected chi connectivity index (χ3v) is 13.2. The van der Waals surface area contributed by atoms with Crippen LogP contribution in [0.2, 0.25) is 0 Å². The van der Waals surface area contributed by atoms with Gasteiger partial charge in [0.05, 0.1) is 17.6 Å². The average molecular weight is 619 g/mol. The van der Waals surface area contributed by atoms with Crippen molar-refractivity contribution in [2.75, 3.05) is 45.9 Å². The highest BCUT2D eigenvalue weighted by Crippen LogP contribution is 2.52. The second kappa shape index (κ2) is 11.3. The first-order valence-corrected chi connectivity index (χ1v) is 17.7. The van der Waals surface area contributed by atoms with Crippen molar-refractivity contribution in [3.05, 3.63) is 34.2 Å². The molecule has 6 aliphatic rings. The van der Waals surface area contributed by atoms with E-state index in [1.807, 2.05) is 6.07 Å². The molecular weight excluding hydrogens is 568 g/mol. The molecule has 6 heterocycles. The van der Waals surface area contributed by atoms with E-state index in [1.165, 1.54) is 83.1 Å². The number of aromatic nitrogens is 2. The first-order chi connectivity index (χ1) is 21.8. The predicted octanol–water partition coefficient (Wildman–Crippen LogP) is 2.73. The zero-order valence-electron chi connectivity index (χ0n) is 26.9. The molecule has 0 radical (unpaired) electrons. The lowest BCUT2D eigenvalue weighted by Crippen LogP contribution is -2.57. The number of carbonyl (C=O) groups excluding carboxylic acids is 2. The van der Waals surface area contributed by atoms with Gasteiger partial charge in [-0.25, -0.2) is 4.79 Å². The number of imide groups is 1. The van der Waals surface area contributed by atoms with Crippen molar-refractivity contribution in [3.8, 4) is 0 Å². The van der Waals surface area contributed by atoms with E-state index in [0.717, 1.165) is 43.0 Å². The largest absolute Gasteiger partial charge is 0.394 e. The maximum Gasteiger partial charge on any atom is 0.329 e. The summed E-state index contributed by atoms with van der Waals surface area (Å²) in [7, 11) is 1.78. The molecule has 2 aromatic rings. The Morgan fingerprint density at radius 1 is 0.911 bits per heavy atom. The van der Waals surface area contributed by atoms with E-state index in [2.05, 4.69) is 32.1 Å². The normalized spacial score (nSPS) is 32.0. The first kappa shape index (κ1) is 29.8. The molecule has 8 rings (SSSR count). The summed E-state index contributed by atoms with van der Waals surface area (Å²) in [5.41, 5.74) is 3.36. The monoisotopic (exact) mass is 618 g/mol. The lowest BCUT2D eigenvalue weighted by atomic mass is 9.59. The highest BCUT2D eigenvalue weighted by atomic mass is 16.3. The Balaban J connectivity index is 0.839. The third-order valence-electron chi connectivity index (χ3n) is 13.2. The Labute approximate surface area is 265 Å². The van der Waals surface area contributed by atoms with Gasteiger partial charge in [0, 0.05) is 37.6 Å². The minimum absolute atomic E-state index is 0.102. The number of rotatable bonds is 6. The summed E-state index contributed by atoms with van der Waals surface area (Å²) >= 11 is 0. The Bertz CT molecular complexity index is 1520. The number of piperidine rings is 3. The second-order valence-corrected chi connectivity index (χ2v) is 15.5. The van der Waals surface area contributed by atoms with Crippen molar-refractivity contribution in [2.24, 2.45) is 12.5 Å². The van der Waals surface area contributed by atoms with Gasteiger partial charge >= 0.3 is 5.69 Å². The van der Waals surface area contributed by atoms with Crippen molar-refractivity contribution in [2.45, 2.75) is 107 Å². The topological polar surface area (TPSA) is 103 Å². The molecule has 5 aliphatic heterocycles. The van der Waals surface area contributed by atoms with E-state index in [1.54, 1.807) is 16.2 Å². The Hall–Kier alpha value is -2.53. The molecule has 1 aliphatic carbocycles. The van der Waals surface area contributed by atoms with Gasteiger partial charge in [0.15, 0.2) is 0 Å². The molecule has 10 nitrogen and oxygen atoms in total. The molecular formula is C35H50N6O4. The van der Waals surface area contributed by atoms with E-state index in [0.29, 0.717) is 30.4 Å². The molecule has 2 amide bonds. The summed E-state index contributed by atoms with van der Waals surface area (Å²) < 4.78 is 3.23. The number of amides is 2. The number of hydrogen-bond donors (Lipinski definition) is 2. The lowest BCUT2D eigenvalue weighted by Gasteiger charge is -2.56. The van der Waals surface area contributed by atoms with Crippen LogP contribution in [0, 0.1) is 5.41 Å². The molecule has 1 aromatic carbocycles. The van der Waals surface area contributed by atoms with Crippen molar-refractivity contribution < 1.29 is 14.7 Å². The summed E-state index contributed by atoms with van der Waals surface area (Å²) in [4.78, 5) is 45.5. The van der Waals surface area contributed by atoms with E-state index >= 15 is 0 Å². The molecule has 3 atom stereocenters. The van der Waals surface area contributed by atoms with Gasteiger partial charge in [0.25, 0.3) is 0 Å². The molecule has 10 heteroatoms. The van der Waals surface area contributed by atoms with Gasteiger partial charge in [0.2, 0.25) is 11.8 Å². The van der Waals surface area contributed by atoms with E-state index in [-0.39, 0.29) is 29.5 Å². The number of hydrogen-bond acceptors (Lipinski definition) is 7. The minimum atomic E-state index is -0.643. The maximum atomic E-state index is 13.2. The van der Waals surface area contributed by atoms with Gasteiger partial charge in [-0.1, -0.05) is 6.07 Å². The summed E-state index contributed by atoms with van der Waals surface area (Å²) in [6.07, 6.45) is 13.1. The van der Waals surface area contributed by atoms with Crippen molar-refractivity contribution in [3.63, 3.8) is 0 Å². The number of aryl methyl sites for hydroxylation is 1. The fourth-order valence-corrected chi connectivity index (χ4v) is 10.4. The molecule has 6 fully saturated rings. The standard InChI is InChI=1S/C35H50N6O4/c1-37-30-19-25(3-4-28(30)41(33(37)45)29-5-6-31(43)36-32(29)44)24-8-15-39(16-9-24)27-20-34(21-27)12-17-38(18-13-34)22-26-7-11-35(23-42)10-2-14-40(26)35/h3-4,19,24,26-27,29,42H,2,5-18,20-23H2,1H3,(H,36,43,44)/t26-,29?,35-/m0/s1. The number of likely N-dealkylation sites (tertiary alicyclic amines) is 2. The van der Waals surface area contributed by atoms with Crippen molar-refractivity contribution in [1.29, 1.82) is 0 Å². The fourth-order valence-electron chi connectivity index (χ4n) is 10.4. The molecule has 2 N–H and O–H groups in total. The molecule has 1 unspecified atom stereocenters. The van der Waals surface area contributed by atoms with E-state index in [4.69, 9.17) is 0 Å². The summed E-state index contributed by atoms with van der Waals surface area (Å²) in [5, 5.41) is 12.5. The molecule has 45 heavy (non-hydrogen) atoms. The van der Waals surface area contributed by atoms with Crippen LogP contribution in [-0.2, 0) is 16.6 Å². The van der Waals surface area contributed by atoms with Gasteiger partial charge in [-0.15, -0.1) is 0 Å². The summed E-state index contributed by atoms with van der Waals surface area (Å²) in [5.74, 6) is -0.178. The van der Waals surface area contributed by atoms with Crippen LogP contribution in [0.3, 0.4) is 0 Å². The zero-order valence-corrected chi connectivity index (χ0v) is 26.9. The maximum absolute atomic E-state index is 13.2. The molecule has 1 aromatic heterocycles. The highest BCUT2D eigenvalue weighted by molar-refractivity contribution is 6.00. The SMILES string of the molecule is Cn1c(=O)n(C2CCC(=O)NC2=O)c2ccc(C3CCN(C4CC5(CCN(C[C@@H]6CC[C@]7(CO)CCCN67)CC5)C4)CC3)cc21. The second-order valence-electron chi connectivity index (χ2n) is 15.5. The van der Waals surface area contributed by atoms with Crippen LogP contribution in [0.15, 0.2) is 23.0 Å². The highest BCUT2D eigenvalue weighted by Gasteiger charge is 2.51. The van der Waals surface area contributed by atoms with Crippen LogP contribution in [0.5, 0.6) is 0 Å². The number of carbonyl (C=O) groups is 2. The fraction of sp³-hybridized carbons (Fsp3) is 0.743. The van der Waals surface area contributed by atoms with Crippen LogP contribution in [0.4, 0.5) is 0 Å². The number of imidazole rings is 1. The molecule has 1 spiro atoms. The minimum Gasteiger partial charge on any atom is -0.394 e. The summed E-state index contributed by atoms with van der Waals surface area (Å²) in [6.45, 7) is 7.45. The molecule has 244 valence electrons. The Morgan fingerprint density at radius 3 is 2.42 bits per heavy atom. The van der Waals surface area contributed by atoms with E-state index in [9.17, 15) is 19.5 Å². The van der Waals surface area contributed by atoms with Gasteiger partial charge in [-0.05, 0) is 132 Å². The van der Waals surface area contributed by atoms with Gasteiger partial charge in [0.1, 0.15) is 6.04 Å². The smallest absolute Gasteiger partial charge is 0.329 e. The number of nitrogens with zero attached hydrogens (tertiary/aromatic N) is 5. The van der Waals surface area contributed by atoms with Crippen LogP contribution in [0.25, 0.3) is 11.0 Å². The number of aliphatic hydroxyl groups excluding tert-OH is 1. The number of aliphatic hydroxyl groups is 1. The van der Waals surface area contributed by atoms with E-state index < -0.39 is 6.04 Å². The number of nitrogens with one attached hydrogen (secondary N) is 1. The van der Waals surface area contributed by atoms with Crippen LogP contribution < -0.4 is 11.0 Å². The van der Waals surface area contributed by atoms with Crippen LogP contribution in [-0.4, -0.2) is 104 Å². The first-order valence-electron chi connectivity index (χ1n) is 17.7. The number of fused-ring (bicyclic) bond motifs is 2. The third kappa shape index (κ3) is 5.02. The zero-order chi connectivity index (χ0) is 30.9.